The minimum Gasteiger partial charge on any atom is -1.00 e. The summed E-state index contributed by atoms with van der Waals surface area (Å²) >= 11 is 0. The molecule has 0 aromatic rings. The van der Waals surface area contributed by atoms with Gasteiger partial charge in [0.05, 0.1) is 0 Å². The Balaban J connectivity index is -0.00000000397. The van der Waals surface area contributed by atoms with Gasteiger partial charge in [0.25, 0.3) is 0 Å². The summed E-state index contributed by atoms with van der Waals surface area (Å²) < 4.78 is 0. The fourth-order valence-electron chi connectivity index (χ4n) is 0.340. The molecule has 0 bridgehead atoms. The van der Waals surface area contributed by atoms with Crippen LogP contribution in [-0.4, -0.2) is 0 Å². The Morgan fingerprint density at radius 2 is 1.07 bits per heavy atom. The van der Waals surface area contributed by atoms with Crippen molar-refractivity contribution in [2.45, 2.75) is 6.42 Å². The van der Waals surface area contributed by atoms with Gasteiger partial charge in [-0.3, -0.25) is 6.08 Å². The maximum atomic E-state index is 2.99. The third-order valence-corrected chi connectivity index (χ3v) is 0.586. The van der Waals surface area contributed by atoms with Crippen molar-refractivity contribution in [2.24, 2.45) is 0 Å². The first kappa shape index (κ1) is 68.3. The number of hydrogen-bond donors (Lipinski definition) is 0. The molecule has 0 heterocycles. The SMILES string of the molecule is [C-]1=CC=CC1.[Cl-].[Cl-].[Cl-].[Cl-].[Cl-].[Cl-].[Cl-].[Ti+4].[Ti+4]. The molecule has 82 valence electrons. The van der Waals surface area contributed by atoms with Gasteiger partial charge < -0.3 is 86.8 Å². The van der Waals surface area contributed by atoms with Gasteiger partial charge in [-0.1, -0.05) is 0 Å². The van der Waals surface area contributed by atoms with Crippen molar-refractivity contribution >= 4 is 0 Å². The Bertz CT molecular complexity index is 78.1. The van der Waals surface area contributed by atoms with Crippen LogP contribution < -0.4 is 86.8 Å². The maximum absolute atomic E-state index is 2.99. The van der Waals surface area contributed by atoms with Gasteiger partial charge in [-0.15, -0.1) is 6.42 Å². The van der Waals surface area contributed by atoms with E-state index < -0.39 is 0 Å². The van der Waals surface area contributed by atoms with Gasteiger partial charge in [0.1, 0.15) is 0 Å². The van der Waals surface area contributed by atoms with Crippen LogP contribution in [-0.2, 0) is 43.4 Å². The predicted molar refractivity (Wildman–Crippen MR) is 21.6 cm³/mol. The molecular formula is C5H5Cl7Ti2. The summed E-state index contributed by atoms with van der Waals surface area (Å²) in [4.78, 5) is 0. The van der Waals surface area contributed by atoms with Gasteiger partial charge in [-0.2, -0.15) is 6.08 Å². The second kappa shape index (κ2) is 56.4. The Hall–Kier alpha value is 2.94. The van der Waals surface area contributed by atoms with Gasteiger partial charge in [-0.25, -0.2) is 12.2 Å². The minimum absolute atomic E-state index is 0. The zero-order valence-electron chi connectivity index (χ0n) is 6.58. The zero-order valence-corrected chi connectivity index (χ0v) is 15.0. The van der Waals surface area contributed by atoms with E-state index in [2.05, 4.69) is 12.2 Å². The second-order valence-electron chi connectivity index (χ2n) is 1.00. The average molecular weight is 409 g/mol. The van der Waals surface area contributed by atoms with E-state index in [0.717, 1.165) is 6.42 Å². The van der Waals surface area contributed by atoms with Crippen LogP contribution in [0.5, 0.6) is 0 Å². The van der Waals surface area contributed by atoms with Crippen LogP contribution in [0.4, 0.5) is 0 Å². The molecule has 0 aromatic carbocycles. The Morgan fingerprint density at radius 3 is 1.14 bits per heavy atom. The van der Waals surface area contributed by atoms with Crippen molar-refractivity contribution in [2.75, 3.05) is 0 Å². The molecule has 0 fully saturated rings. The molecule has 0 spiro atoms. The van der Waals surface area contributed by atoms with Crippen molar-refractivity contribution in [3.8, 4) is 0 Å². The van der Waals surface area contributed by atoms with Crippen LogP contribution in [0.3, 0.4) is 0 Å². The molecule has 0 amide bonds. The number of allylic oxidation sites excluding steroid dienone is 4. The summed E-state index contributed by atoms with van der Waals surface area (Å²) in [6, 6.07) is 0. The molecule has 0 atom stereocenters. The molecular weight excluding hydrogens is 404 g/mol. The van der Waals surface area contributed by atoms with Crippen molar-refractivity contribution in [1.29, 1.82) is 0 Å². The van der Waals surface area contributed by atoms with E-state index in [1.54, 1.807) is 0 Å². The average Bonchev–Trinajstić information content (AvgIpc) is 1.76. The largest absolute Gasteiger partial charge is 4.00 e. The molecule has 1 aliphatic carbocycles. The molecule has 0 aliphatic heterocycles. The predicted octanol–water partition coefficient (Wildman–Crippen LogP) is -19.7. The van der Waals surface area contributed by atoms with E-state index in [0.29, 0.717) is 0 Å². The molecule has 0 radical (unpaired) electrons. The van der Waals surface area contributed by atoms with Gasteiger partial charge in [0.15, 0.2) is 0 Å². The summed E-state index contributed by atoms with van der Waals surface area (Å²) in [5.74, 6) is 0. The molecule has 0 aromatic heterocycles. The monoisotopic (exact) mass is 406 g/mol. The van der Waals surface area contributed by atoms with E-state index in [1.807, 2.05) is 12.2 Å². The Kier molecular flexibility index (Phi) is 275. The van der Waals surface area contributed by atoms with Crippen LogP contribution in [0.1, 0.15) is 6.42 Å². The molecule has 0 nitrogen and oxygen atoms in total. The Labute approximate surface area is 159 Å². The van der Waals surface area contributed by atoms with Gasteiger partial charge in [-0.05, 0) is 0 Å². The fourth-order valence-corrected chi connectivity index (χ4v) is 0.340. The first-order chi connectivity index (χ1) is 2.50. The van der Waals surface area contributed by atoms with Crippen molar-refractivity contribution in [3.63, 3.8) is 0 Å². The molecule has 0 N–H and O–H groups in total. The summed E-state index contributed by atoms with van der Waals surface area (Å²) in [6.07, 6.45) is 10.0. The van der Waals surface area contributed by atoms with Crippen molar-refractivity contribution in [3.05, 3.63) is 24.3 Å². The number of rotatable bonds is 0. The first-order valence-corrected chi connectivity index (χ1v) is 1.72. The molecule has 0 unspecified atom stereocenters. The number of hydrogen-bond acceptors (Lipinski definition) is 0. The quantitative estimate of drug-likeness (QED) is 0.276. The summed E-state index contributed by atoms with van der Waals surface area (Å²) in [5.41, 5.74) is 0. The van der Waals surface area contributed by atoms with E-state index in [9.17, 15) is 0 Å². The third-order valence-electron chi connectivity index (χ3n) is 0.586. The van der Waals surface area contributed by atoms with E-state index in [4.69, 9.17) is 0 Å². The summed E-state index contributed by atoms with van der Waals surface area (Å²) in [7, 11) is 0. The molecule has 14 heavy (non-hydrogen) atoms. The normalized spacial score (nSPS) is 6.29. The van der Waals surface area contributed by atoms with Crippen LogP contribution in [0.2, 0.25) is 0 Å². The molecule has 9 heteroatoms. The van der Waals surface area contributed by atoms with Crippen LogP contribution in [0.15, 0.2) is 18.2 Å². The molecule has 1 aliphatic rings. The van der Waals surface area contributed by atoms with Crippen molar-refractivity contribution in [1.82, 2.24) is 0 Å². The van der Waals surface area contributed by atoms with Crippen LogP contribution >= 0.6 is 0 Å². The van der Waals surface area contributed by atoms with Gasteiger partial charge in [0, 0.05) is 0 Å². The smallest absolute Gasteiger partial charge is 1.00 e. The Morgan fingerprint density at radius 1 is 0.714 bits per heavy atom. The summed E-state index contributed by atoms with van der Waals surface area (Å²) in [6.45, 7) is 0. The molecule has 1 rings (SSSR count). The number of halogens is 7. The van der Waals surface area contributed by atoms with Crippen LogP contribution in [0, 0.1) is 6.08 Å². The van der Waals surface area contributed by atoms with Crippen molar-refractivity contribution < 1.29 is 130 Å². The minimum atomic E-state index is 0. The maximum Gasteiger partial charge on any atom is 4.00 e. The molecule has 0 saturated carbocycles. The first-order valence-electron chi connectivity index (χ1n) is 1.72. The fraction of sp³-hybridized carbons (Fsp3) is 0.200. The van der Waals surface area contributed by atoms with E-state index in [1.165, 1.54) is 0 Å². The topological polar surface area (TPSA) is 0 Å². The van der Waals surface area contributed by atoms with E-state index >= 15 is 0 Å². The van der Waals surface area contributed by atoms with Crippen LogP contribution in [0.25, 0.3) is 0 Å². The van der Waals surface area contributed by atoms with Gasteiger partial charge in [0.2, 0.25) is 0 Å². The third kappa shape index (κ3) is 46.1. The molecule has 0 saturated heterocycles. The standard InChI is InChI=1S/C5H5.7ClH.2Ti/c1-2-4-5-3-1;;;;;;;;;/h1-3H,4H2;7*1H;;/q-1;;;;;;;;2*+4/p-7. The zero-order chi connectivity index (χ0) is 3.54. The van der Waals surface area contributed by atoms with Gasteiger partial charge >= 0.3 is 43.4 Å². The summed E-state index contributed by atoms with van der Waals surface area (Å²) in [5, 5.41) is 0. The van der Waals surface area contributed by atoms with E-state index in [-0.39, 0.29) is 130 Å². The second-order valence-corrected chi connectivity index (χ2v) is 1.00.